The number of aryl methyl sites for hydroxylation is 1. The lowest BCUT2D eigenvalue weighted by Crippen LogP contribution is -2.15. The molecule has 0 saturated heterocycles. The van der Waals surface area contributed by atoms with Crippen LogP contribution in [0, 0.1) is 18.6 Å². The Morgan fingerprint density at radius 1 is 1.37 bits per heavy atom. The zero-order chi connectivity index (χ0) is 14.2. The Balaban J connectivity index is 2.43. The minimum atomic E-state index is -4.19. The first kappa shape index (κ1) is 13.7. The molecule has 0 saturated carbocycles. The second-order valence-corrected chi connectivity index (χ2v) is 6.18. The Hall–Kier alpha value is -1.74. The van der Waals surface area contributed by atoms with Gasteiger partial charge in [-0.25, -0.2) is 22.2 Å². The molecule has 2 aromatic rings. The lowest BCUT2D eigenvalue weighted by molar-refractivity contribution is 0.557. The SMILES string of the molecule is Cc1csc(NS(=O)(=O)c2ccc(F)c(N)c2F)n1. The van der Waals surface area contributed by atoms with Crippen LogP contribution in [-0.2, 0) is 10.0 Å². The monoisotopic (exact) mass is 305 g/mol. The van der Waals surface area contributed by atoms with Gasteiger partial charge in [0.05, 0.1) is 5.69 Å². The quantitative estimate of drug-likeness (QED) is 0.851. The second-order valence-electron chi connectivity index (χ2n) is 3.67. The fraction of sp³-hybridized carbons (Fsp3) is 0.100. The molecule has 0 bridgehead atoms. The van der Waals surface area contributed by atoms with Crippen molar-refractivity contribution >= 4 is 32.2 Å². The van der Waals surface area contributed by atoms with E-state index in [9.17, 15) is 17.2 Å². The van der Waals surface area contributed by atoms with Crippen LogP contribution in [0.4, 0.5) is 19.6 Å². The van der Waals surface area contributed by atoms with Gasteiger partial charge in [0.1, 0.15) is 16.4 Å². The van der Waals surface area contributed by atoms with E-state index in [1.807, 2.05) is 0 Å². The maximum atomic E-state index is 13.7. The van der Waals surface area contributed by atoms with Crippen molar-refractivity contribution in [2.45, 2.75) is 11.8 Å². The van der Waals surface area contributed by atoms with Crippen LogP contribution in [0.15, 0.2) is 22.4 Å². The molecule has 1 aromatic carbocycles. The van der Waals surface area contributed by atoms with Gasteiger partial charge < -0.3 is 5.73 Å². The zero-order valence-electron chi connectivity index (χ0n) is 9.65. The minimum absolute atomic E-state index is 0.0970. The highest BCUT2D eigenvalue weighted by Gasteiger charge is 2.23. The summed E-state index contributed by atoms with van der Waals surface area (Å²) in [6, 6.07) is 1.60. The van der Waals surface area contributed by atoms with E-state index in [2.05, 4.69) is 9.71 Å². The first-order chi connectivity index (χ1) is 8.81. The van der Waals surface area contributed by atoms with Crippen molar-refractivity contribution in [2.24, 2.45) is 0 Å². The number of hydrogen-bond donors (Lipinski definition) is 2. The first-order valence-corrected chi connectivity index (χ1v) is 7.36. The van der Waals surface area contributed by atoms with Gasteiger partial charge in [-0.15, -0.1) is 11.3 Å². The predicted molar refractivity (Wildman–Crippen MR) is 68.4 cm³/mol. The highest BCUT2D eigenvalue weighted by atomic mass is 32.2. The number of anilines is 2. The number of rotatable bonds is 3. The molecule has 0 aliphatic heterocycles. The fourth-order valence-electron chi connectivity index (χ4n) is 1.33. The molecule has 19 heavy (non-hydrogen) atoms. The van der Waals surface area contributed by atoms with Crippen LogP contribution in [0.5, 0.6) is 0 Å². The molecule has 1 heterocycles. The number of aromatic nitrogens is 1. The number of nitrogens with one attached hydrogen (secondary N) is 1. The molecule has 5 nitrogen and oxygen atoms in total. The van der Waals surface area contributed by atoms with Gasteiger partial charge >= 0.3 is 0 Å². The number of nitrogens with zero attached hydrogens (tertiary/aromatic N) is 1. The first-order valence-electron chi connectivity index (χ1n) is 4.99. The maximum absolute atomic E-state index is 13.7. The van der Waals surface area contributed by atoms with E-state index >= 15 is 0 Å². The van der Waals surface area contributed by atoms with E-state index in [0.717, 1.165) is 23.5 Å². The van der Waals surface area contributed by atoms with Crippen molar-refractivity contribution in [3.05, 3.63) is 34.8 Å². The molecule has 102 valence electrons. The normalized spacial score (nSPS) is 11.5. The van der Waals surface area contributed by atoms with E-state index in [1.54, 1.807) is 12.3 Å². The Bertz CT molecular complexity index is 728. The molecule has 3 N–H and O–H groups in total. The van der Waals surface area contributed by atoms with Crippen molar-refractivity contribution in [3.8, 4) is 0 Å². The highest BCUT2D eigenvalue weighted by molar-refractivity contribution is 7.93. The highest BCUT2D eigenvalue weighted by Crippen LogP contribution is 2.25. The summed E-state index contributed by atoms with van der Waals surface area (Å²) in [5, 5.41) is 1.73. The van der Waals surface area contributed by atoms with Crippen molar-refractivity contribution in [1.29, 1.82) is 0 Å². The third-order valence-electron chi connectivity index (χ3n) is 2.22. The topological polar surface area (TPSA) is 85.1 Å². The molecule has 1 aromatic heterocycles. The molecule has 0 atom stereocenters. The number of nitrogen functional groups attached to an aromatic ring is 1. The lowest BCUT2D eigenvalue weighted by atomic mass is 10.3. The van der Waals surface area contributed by atoms with Gasteiger partial charge in [0.15, 0.2) is 10.9 Å². The van der Waals surface area contributed by atoms with Gasteiger partial charge in [0.2, 0.25) is 0 Å². The number of sulfonamides is 1. The third kappa shape index (κ3) is 2.66. The van der Waals surface area contributed by atoms with E-state index in [4.69, 9.17) is 5.73 Å². The van der Waals surface area contributed by atoms with E-state index in [1.165, 1.54) is 0 Å². The Morgan fingerprint density at radius 3 is 2.63 bits per heavy atom. The van der Waals surface area contributed by atoms with Gasteiger partial charge in [-0.05, 0) is 19.1 Å². The largest absolute Gasteiger partial charge is 0.394 e. The average molecular weight is 305 g/mol. The molecule has 0 spiro atoms. The molecular weight excluding hydrogens is 296 g/mol. The molecule has 0 amide bonds. The summed E-state index contributed by atoms with van der Waals surface area (Å²) in [4.78, 5) is 3.17. The summed E-state index contributed by atoms with van der Waals surface area (Å²) in [6.07, 6.45) is 0. The Labute approximate surface area is 112 Å². The van der Waals surface area contributed by atoms with E-state index < -0.39 is 32.2 Å². The Morgan fingerprint density at radius 2 is 2.05 bits per heavy atom. The van der Waals surface area contributed by atoms with Crippen molar-refractivity contribution in [2.75, 3.05) is 10.5 Å². The van der Waals surface area contributed by atoms with Gasteiger partial charge in [0, 0.05) is 5.38 Å². The maximum Gasteiger partial charge on any atom is 0.266 e. The van der Waals surface area contributed by atoms with Crippen molar-refractivity contribution < 1.29 is 17.2 Å². The van der Waals surface area contributed by atoms with Crippen LogP contribution >= 0.6 is 11.3 Å². The van der Waals surface area contributed by atoms with Gasteiger partial charge in [-0.1, -0.05) is 0 Å². The number of halogens is 2. The summed E-state index contributed by atoms with van der Waals surface area (Å²) in [5.74, 6) is -2.33. The summed E-state index contributed by atoms with van der Waals surface area (Å²) >= 11 is 1.06. The average Bonchev–Trinajstić information content (AvgIpc) is 2.70. The number of hydrogen-bond acceptors (Lipinski definition) is 5. The van der Waals surface area contributed by atoms with Gasteiger partial charge in [0.25, 0.3) is 10.0 Å². The van der Waals surface area contributed by atoms with Crippen LogP contribution in [0.1, 0.15) is 5.69 Å². The van der Waals surface area contributed by atoms with Crippen molar-refractivity contribution in [1.82, 2.24) is 4.98 Å². The van der Waals surface area contributed by atoms with Crippen LogP contribution < -0.4 is 10.5 Å². The third-order valence-corrected chi connectivity index (χ3v) is 4.58. The van der Waals surface area contributed by atoms with Crippen LogP contribution in [0.3, 0.4) is 0 Å². The minimum Gasteiger partial charge on any atom is -0.394 e. The number of nitrogens with two attached hydrogens (primary N) is 1. The Kier molecular flexibility index (Phi) is 3.42. The summed E-state index contributed by atoms with van der Waals surface area (Å²) < 4.78 is 52.6. The van der Waals surface area contributed by atoms with E-state index in [0.29, 0.717) is 5.69 Å². The summed E-state index contributed by atoms with van der Waals surface area (Å²) in [5.41, 5.74) is 4.91. The van der Waals surface area contributed by atoms with Gasteiger partial charge in [-0.2, -0.15) is 0 Å². The number of benzene rings is 1. The molecule has 0 aliphatic rings. The molecule has 0 unspecified atom stereocenters. The van der Waals surface area contributed by atoms with Crippen LogP contribution in [0.25, 0.3) is 0 Å². The molecule has 0 radical (unpaired) electrons. The lowest BCUT2D eigenvalue weighted by Gasteiger charge is -2.08. The summed E-state index contributed by atoms with van der Waals surface area (Å²) in [7, 11) is -4.19. The van der Waals surface area contributed by atoms with Gasteiger partial charge in [-0.3, -0.25) is 4.72 Å². The predicted octanol–water partition coefficient (Wildman–Crippen LogP) is 2.11. The summed E-state index contributed by atoms with van der Waals surface area (Å²) in [6.45, 7) is 1.69. The second kappa shape index (κ2) is 4.74. The van der Waals surface area contributed by atoms with E-state index in [-0.39, 0.29) is 5.13 Å². The smallest absolute Gasteiger partial charge is 0.266 e. The zero-order valence-corrected chi connectivity index (χ0v) is 11.3. The van der Waals surface area contributed by atoms with Crippen molar-refractivity contribution in [3.63, 3.8) is 0 Å². The molecular formula is C10H9F2N3O2S2. The standard InChI is InChI=1S/C10H9F2N3O2S2/c1-5-4-18-10(14-5)15-19(16,17)7-3-2-6(11)9(13)8(7)12/h2-4H,13H2,1H3,(H,14,15). The van der Waals surface area contributed by atoms with Crippen LogP contribution in [0.2, 0.25) is 0 Å². The fourth-order valence-corrected chi connectivity index (χ4v) is 3.36. The molecule has 9 heteroatoms. The molecule has 0 fully saturated rings. The van der Waals surface area contributed by atoms with Crippen LogP contribution in [-0.4, -0.2) is 13.4 Å². The molecule has 0 aliphatic carbocycles. The number of thiazole rings is 1. The molecule has 2 rings (SSSR count).